The highest BCUT2D eigenvalue weighted by molar-refractivity contribution is 7.95. The second-order valence-electron chi connectivity index (χ2n) is 21.7. The van der Waals surface area contributed by atoms with E-state index >= 15 is 4.79 Å². The Morgan fingerprint density at radius 2 is 1.44 bits per heavy atom. The van der Waals surface area contributed by atoms with Crippen molar-refractivity contribution in [3.8, 4) is 0 Å². The molecule has 59 heavy (non-hydrogen) atoms. The first-order valence-electron chi connectivity index (χ1n) is 23.6. The Bertz CT molecular complexity index is 1600. The van der Waals surface area contributed by atoms with Crippen molar-refractivity contribution >= 4 is 41.7 Å². The summed E-state index contributed by atoms with van der Waals surface area (Å²) in [6, 6.07) is -2.49. The number of fused-ring (bicyclic) bond motifs is 1. The molecule has 4 aliphatic carbocycles. The van der Waals surface area contributed by atoms with Crippen molar-refractivity contribution in [2.24, 2.45) is 33.5 Å². The average molecular weight is 840 g/mol. The highest BCUT2D eigenvalue weighted by Gasteiger charge is 2.85. The summed E-state index contributed by atoms with van der Waals surface area (Å²) in [7, 11) is 0. The van der Waals surface area contributed by atoms with Crippen molar-refractivity contribution in [2.75, 3.05) is 26.2 Å². The molecule has 3 heterocycles. The van der Waals surface area contributed by atoms with Gasteiger partial charge in [-0.25, -0.2) is 4.31 Å². The van der Waals surface area contributed by atoms with Crippen molar-refractivity contribution in [3.63, 3.8) is 0 Å². The highest BCUT2D eigenvalue weighted by Crippen LogP contribution is 2.88. The van der Waals surface area contributed by atoms with Crippen molar-refractivity contribution < 1.29 is 24.0 Å². The van der Waals surface area contributed by atoms with Gasteiger partial charge in [-0.2, -0.15) is 0 Å². The molecular formula is C46H77N7O5S. The standard InChI is InChI=1S/C46H77N7O5S/c1-9-18-32-27-46(32,41(58)50-59-51-24-15-16-25-51)49-38(55)34-28-45(43(7,8)44(45)22-17-23-44)29-53(34)40(57)36(42(4,5)6)48-39(56)35(31-19-11-10-12-20-31)47-37(54)33-21-13-14-26-52(33)30(2)3/h30-36H,9-29H2,1-8H3,(H,47,54)(H,48,56)(H,49,55)(H,50,58). The van der Waals surface area contributed by atoms with Crippen molar-refractivity contribution in [1.82, 2.24) is 34.8 Å². The summed E-state index contributed by atoms with van der Waals surface area (Å²) in [4.78, 5) is 77.1. The number of carbonyl (C=O) groups excluding carboxylic acids is 5. The number of carbonyl (C=O) groups is 5. The highest BCUT2D eigenvalue weighted by atomic mass is 32.2. The Morgan fingerprint density at radius 3 is 2.03 bits per heavy atom. The smallest absolute Gasteiger partial charge is 0.256 e. The van der Waals surface area contributed by atoms with Gasteiger partial charge in [-0.3, -0.25) is 33.6 Å². The first-order valence-corrected chi connectivity index (χ1v) is 24.4. The average Bonchev–Trinajstić information content (AvgIpc) is 3.64. The lowest BCUT2D eigenvalue weighted by atomic mass is 9.73. The predicted molar refractivity (Wildman–Crippen MR) is 232 cm³/mol. The fraction of sp³-hybridized carbons (Fsp3) is 0.891. The van der Waals surface area contributed by atoms with Gasteiger partial charge >= 0.3 is 0 Å². The second kappa shape index (κ2) is 17.1. The second-order valence-corrected chi connectivity index (χ2v) is 22.6. The zero-order valence-corrected chi connectivity index (χ0v) is 38.5. The van der Waals surface area contributed by atoms with Crippen molar-refractivity contribution in [2.45, 2.75) is 200 Å². The van der Waals surface area contributed by atoms with Crippen molar-refractivity contribution in [3.05, 3.63) is 0 Å². The van der Waals surface area contributed by atoms with Gasteiger partial charge in [0.05, 0.1) is 6.04 Å². The maximum absolute atomic E-state index is 15.4. The van der Waals surface area contributed by atoms with E-state index in [9.17, 15) is 19.2 Å². The number of nitrogens with zero attached hydrogens (tertiary/aromatic N) is 3. The molecule has 3 aliphatic heterocycles. The largest absolute Gasteiger partial charge is 0.343 e. The Balaban J connectivity index is 1.14. The summed E-state index contributed by atoms with van der Waals surface area (Å²) in [5.41, 5.74) is -1.86. The number of rotatable bonds is 14. The number of hydrogen-bond acceptors (Lipinski definition) is 8. The Kier molecular flexibility index (Phi) is 12.9. The zero-order valence-electron chi connectivity index (χ0n) is 37.7. The molecule has 3 saturated heterocycles. The van der Waals surface area contributed by atoms with Gasteiger partial charge in [0.15, 0.2) is 0 Å². The molecule has 4 saturated carbocycles. The molecular weight excluding hydrogens is 763 g/mol. The van der Waals surface area contributed by atoms with Crippen LogP contribution in [0.15, 0.2) is 0 Å². The third-order valence-corrected chi connectivity index (χ3v) is 17.7. The van der Waals surface area contributed by atoms with E-state index in [0.717, 1.165) is 116 Å². The van der Waals surface area contributed by atoms with Gasteiger partial charge in [-0.05, 0) is 119 Å². The molecule has 7 aliphatic rings. The first-order chi connectivity index (χ1) is 27.9. The van der Waals surface area contributed by atoms with Crippen LogP contribution in [0.25, 0.3) is 0 Å². The zero-order chi connectivity index (χ0) is 42.5. The monoisotopic (exact) mass is 840 g/mol. The van der Waals surface area contributed by atoms with Crippen LogP contribution in [0.2, 0.25) is 0 Å². The van der Waals surface area contributed by atoms with Crippen LogP contribution in [0.3, 0.4) is 0 Å². The van der Waals surface area contributed by atoms with E-state index in [2.05, 4.69) is 64.5 Å². The summed E-state index contributed by atoms with van der Waals surface area (Å²) >= 11 is 1.35. The van der Waals surface area contributed by atoms with Gasteiger partial charge in [-0.1, -0.05) is 80.1 Å². The van der Waals surface area contributed by atoms with Crippen LogP contribution in [0.5, 0.6) is 0 Å². The minimum Gasteiger partial charge on any atom is -0.343 e. The molecule has 7 atom stereocenters. The molecule has 2 spiro atoms. The summed E-state index contributed by atoms with van der Waals surface area (Å²) < 4.78 is 5.25. The van der Waals surface area contributed by atoms with Crippen molar-refractivity contribution in [1.29, 1.82) is 0 Å². The van der Waals surface area contributed by atoms with E-state index in [1.807, 2.05) is 20.8 Å². The lowest BCUT2D eigenvalue weighted by molar-refractivity contribution is -0.145. The van der Waals surface area contributed by atoms with Gasteiger partial charge in [0, 0.05) is 43.2 Å². The molecule has 0 aromatic rings. The van der Waals surface area contributed by atoms with Crippen LogP contribution in [-0.4, -0.2) is 106 Å². The van der Waals surface area contributed by atoms with E-state index < -0.39 is 29.1 Å². The Hall–Kier alpha value is -2.38. The van der Waals surface area contributed by atoms with E-state index in [0.29, 0.717) is 19.4 Å². The maximum Gasteiger partial charge on any atom is 0.256 e. The molecule has 5 amide bonds. The van der Waals surface area contributed by atoms with E-state index in [1.165, 1.54) is 12.1 Å². The van der Waals surface area contributed by atoms with Gasteiger partial charge in [0.1, 0.15) is 23.7 Å². The van der Waals surface area contributed by atoms with Gasteiger partial charge in [0.25, 0.3) is 5.91 Å². The third kappa shape index (κ3) is 8.09. The minimum atomic E-state index is -0.996. The molecule has 4 N–H and O–H groups in total. The van der Waals surface area contributed by atoms with E-state index in [4.69, 9.17) is 0 Å². The molecule has 12 nitrogen and oxygen atoms in total. The molecule has 0 radical (unpaired) electrons. The third-order valence-electron chi connectivity index (χ3n) is 16.8. The lowest BCUT2D eigenvalue weighted by Crippen LogP contribution is -2.63. The van der Waals surface area contributed by atoms with Crippen LogP contribution in [0.4, 0.5) is 0 Å². The number of amides is 5. The lowest BCUT2D eigenvalue weighted by Gasteiger charge is -2.40. The van der Waals surface area contributed by atoms with Gasteiger partial charge < -0.3 is 20.9 Å². The van der Waals surface area contributed by atoms with E-state index in [-0.39, 0.29) is 69.7 Å². The molecule has 13 heteroatoms. The van der Waals surface area contributed by atoms with Gasteiger partial charge in [0.2, 0.25) is 23.6 Å². The summed E-state index contributed by atoms with van der Waals surface area (Å²) in [5, 5.41) is 9.78. The van der Waals surface area contributed by atoms with Crippen LogP contribution in [0.1, 0.15) is 165 Å². The topological polar surface area (TPSA) is 143 Å². The normalized spacial score (nSPS) is 32.7. The van der Waals surface area contributed by atoms with Crippen LogP contribution >= 0.6 is 12.1 Å². The van der Waals surface area contributed by atoms with E-state index in [1.54, 1.807) is 4.90 Å². The summed E-state index contributed by atoms with van der Waals surface area (Å²) in [6.45, 7) is 20.1. The Labute approximate surface area is 359 Å². The van der Waals surface area contributed by atoms with Crippen LogP contribution in [0, 0.1) is 33.5 Å². The number of likely N-dealkylation sites (tertiary alicyclic amines) is 2. The predicted octanol–water partition coefficient (Wildman–Crippen LogP) is 6.09. The molecule has 332 valence electrons. The molecule has 0 aromatic heterocycles. The summed E-state index contributed by atoms with van der Waals surface area (Å²) in [6.07, 6.45) is 16.1. The molecule has 0 bridgehead atoms. The van der Waals surface area contributed by atoms with Crippen LogP contribution in [-0.2, 0) is 24.0 Å². The first kappa shape index (κ1) is 44.7. The number of hydrogen-bond donors (Lipinski definition) is 4. The number of piperidine rings is 1. The molecule has 7 unspecified atom stereocenters. The molecule has 7 fully saturated rings. The summed E-state index contributed by atoms with van der Waals surface area (Å²) in [5.74, 6) is -1.05. The quantitative estimate of drug-likeness (QED) is 0.154. The Morgan fingerprint density at radius 1 is 0.780 bits per heavy atom. The molecule has 7 rings (SSSR count). The van der Waals surface area contributed by atoms with Crippen LogP contribution < -0.4 is 20.7 Å². The fourth-order valence-corrected chi connectivity index (χ4v) is 13.7. The maximum atomic E-state index is 15.4. The SMILES string of the molecule is CCCC1CC1(NC(=O)C1CC2(CN1C(=O)C(NC(=O)C(NC(=O)C1CCCCN1C(C)C)C1CCCCC1)C(C)(C)C)C(C)(C)C21CCC1)C(=O)NSN1CCCC1. The minimum absolute atomic E-state index is 0.0144. The van der Waals surface area contributed by atoms with Gasteiger partial charge in [-0.15, -0.1) is 0 Å². The molecule has 0 aromatic carbocycles. The number of nitrogens with one attached hydrogen (secondary N) is 4. The fourth-order valence-electron chi connectivity index (χ4n) is 12.9.